The van der Waals surface area contributed by atoms with E-state index in [1.54, 1.807) is 68.6 Å². The first-order chi connectivity index (χ1) is 18.4. The van der Waals surface area contributed by atoms with Crippen LogP contribution in [0, 0.1) is 0 Å². The van der Waals surface area contributed by atoms with Gasteiger partial charge in [0.25, 0.3) is 5.91 Å². The van der Waals surface area contributed by atoms with Gasteiger partial charge in [0.05, 0.1) is 31.4 Å². The third-order valence-corrected chi connectivity index (χ3v) is 6.19. The van der Waals surface area contributed by atoms with E-state index in [-0.39, 0.29) is 19.6 Å². The second-order valence-corrected chi connectivity index (χ2v) is 8.65. The molecular formula is C29H29N3O6. The quantitative estimate of drug-likeness (QED) is 0.319. The van der Waals surface area contributed by atoms with E-state index in [1.165, 1.54) is 4.90 Å². The second kappa shape index (κ2) is 12.1. The number of methoxy groups -OCH3 is 1. The summed E-state index contributed by atoms with van der Waals surface area (Å²) >= 11 is 0. The van der Waals surface area contributed by atoms with Crippen molar-refractivity contribution in [1.82, 2.24) is 4.90 Å². The molecule has 1 atom stereocenters. The largest absolute Gasteiger partial charge is 0.497 e. The molecular weight excluding hydrogens is 486 g/mol. The predicted molar refractivity (Wildman–Crippen MR) is 142 cm³/mol. The molecule has 1 heterocycles. The van der Waals surface area contributed by atoms with Gasteiger partial charge in [0.2, 0.25) is 5.91 Å². The van der Waals surface area contributed by atoms with Gasteiger partial charge < -0.3 is 19.7 Å². The number of carbonyl (C=O) groups is 4. The Morgan fingerprint density at radius 3 is 2.24 bits per heavy atom. The van der Waals surface area contributed by atoms with Crippen molar-refractivity contribution >= 4 is 35.2 Å². The molecule has 0 saturated carbocycles. The molecule has 3 aromatic rings. The molecule has 4 amide bonds. The molecule has 1 saturated heterocycles. The standard InChI is InChI=1S/C29H29N3O6/c1-3-38-28(35)21-11-13-22(14-12-21)30-26(33)19-25-27(34)32(23-7-5-4-6-8-23)29(36)31(25)18-17-20-9-15-24(37-2)16-10-20/h4-16,25H,3,17-19H2,1-2H3,(H,30,33)/t25-/m0/s1. The Morgan fingerprint density at radius 1 is 0.921 bits per heavy atom. The van der Waals surface area contributed by atoms with Crippen LogP contribution in [-0.2, 0) is 20.7 Å². The molecule has 0 radical (unpaired) electrons. The van der Waals surface area contributed by atoms with Gasteiger partial charge in [-0.15, -0.1) is 0 Å². The summed E-state index contributed by atoms with van der Waals surface area (Å²) in [6.07, 6.45) is 0.287. The topological polar surface area (TPSA) is 105 Å². The number of nitrogens with zero attached hydrogens (tertiary/aromatic N) is 2. The lowest BCUT2D eigenvalue weighted by atomic mass is 10.1. The van der Waals surface area contributed by atoms with E-state index in [2.05, 4.69) is 5.32 Å². The first-order valence-electron chi connectivity index (χ1n) is 12.3. The summed E-state index contributed by atoms with van der Waals surface area (Å²) in [5.41, 5.74) is 2.25. The Kier molecular flexibility index (Phi) is 8.37. The van der Waals surface area contributed by atoms with Crippen molar-refractivity contribution in [2.75, 3.05) is 30.5 Å². The zero-order chi connectivity index (χ0) is 27.1. The van der Waals surface area contributed by atoms with Gasteiger partial charge >= 0.3 is 12.0 Å². The van der Waals surface area contributed by atoms with Gasteiger partial charge in [-0.2, -0.15) is 0 Å². The highest BCUT2D eigenvalue weighted by Crippen LogP contribution is 2.27. The lowest BCUT2D eigenvalue weighted by Crippen LogP contribution is -2.39. The van der Waals surface area contributed by atoms with Gasteiger partial charge in [0, 0.05) is 12.2 Å². The number of anilines is 2. The number of rotatable bonds is 10. The van der Waals surface area contributed by atoms with Crippen molar-refractivity contribution < 1.29 is 28.7 Å². The average Bonchev–Trinajstić information content (AvgIpc) is 3.16. The molecule has 0 unspecified atom stereocenters. The third-order valence-electron chi connectivity index (χ3n) is 6.19. The molecule has 9 nitrogen and oxygen atoms in total. The molecule has 196 valence electrons. The molecule has 4 rings (SSSR count). The summed E-state index contributed by atoms with van der Waals surface area (Å²) in [5.74, 6) is -0.608. The second-order valence-electron chi connectivity index (χ2n) is 8.65. The molecule has 1 fully saturated rings. The van der Waals surface area contributed by atoms with E-state index in [4.69, 9.17) is 9.47 Å². The Balaban J connectivity index is 1.49. The highest BCUT2D eigenvalue weighted by Gasteiger charge is 2.46. The first kappa shape index (κ1) is 26.4. The number of para-hydroxylation sites is 1. The Morgan fingerprint density at radius 2 is 1.61 bits per heavy atom. The normalized spacial score (nSPS) is 14.9. The summed E-state index contributed by atoms with van der Waals surface area (Å²) in [6.45, 7) is 2.24. The maximum Gasteiger partial charge on any atom is 0.338 e. The monoisotopic (exact) mass is 515 g/mol. The molecule has 1 N–H and O–H groups in total. The minimum absolute atomic E-state index is 0.212. The van der Waals surface area contributed by atoms with Crippen LogP contribution in [-0.4, -0.2) is 55.0 Å². The molecule has 0 bridgehead atoms. The van der Waals surface area contributed by atoms with Crippen molar-refractivity contribution in [1.29, 1.82) is 0 Å². The fourth-order valence-corrected chi connectivity index (χ4v) is 4.24. The van der Waals surface area contributed by atoms with Crippen LogP contribution in [0.1, 0.15) is 29.3 Å². The molecule has 0 aliphatic carbocycles. The van der Waals surface area contributed by atoms with Gasteiger partial charge in [0.1, 0.15) is 11.8 Å². The third kappa shape index (κ3) is 6.00. The lowest BCUT2D eigenvalue weighted by molar-refractivity contribution is -0.124. The van der Waals surface area contributed by atoms with Crippen LogP contribution in [0.15, 0.2) is 78.9 Å². The Bertz CT molecular complexity index is 1290. The summed E-state index contributed by atoms with van der Waals surface area (Å²) in [4.78, 5) is 54.2. The van der Waals surface area contributed by atoms with E-state index in [1.807, 2.05) is 24.3 Å². The first-order valence-corrected chi connectivity index (χ1v) is 12.3. The molecule has 0 aromatic heterocycles. The van der Waals surface area contributed by atoms with E-state index in [0.29, 0.717) is 23.4 Å². The van der Waals surface area contributed by atoms with E-state index in [0.717, 1.165) is 16.2 Å². The highest BCUT2D eigenvalue weighted by atomic mass is 16.5. The van der Waals surface area contributed by atoms with Crippen LogP contribution in [0.3, 0.4) is 0 Å². The fourth-order valence-electron chi connectivity index (χ4n) is 4.24. The Labute approximate surface area is 220 Å². The van der Waals surface area contributed by atoms with Crippen molar-refractivity contribution in [3.05, 3.63) is 90.0 Å². The van der Waals surface area contributed by atoms with Crippen LogP contribution < -0.4 is 15.0 Å². The van der Waals surface area contributed by atoms with Crippen LogP contribution in [0.5, 0.6) is 5.75 Å². The molecule has 1 aliphatic rings. The van der Waals surface area contributed by atoms with Crippen molar-refractivity contribution in [3.8, 4) is 5.75 Å². The number of ether oxygens (including phenoxy) is 2. The molecule has 9 heteroatoms. The van der Waals surface area contributed by atoms with E-state index < -0.39 is 29.9 Å². The smallest absolute Gasteiger partial charge is 0.338 e. The van der Waals surface area contributed by atoms with Gasteiger partial charge in [-0.3, -0.25) is 9.59 Å². The zero-order valence-electron chi connectivity index (χ0n) is 21.3. The maximum atomic E-state index is 13.4. The van der Waals surface area contributed by atoms with Crippen LogP contribution in [0.2, 0.25) is 0 Å². The van der Waals surface area contributed by atoms with Crippen LogP contribution in [0.25, 0.3) is 0 Å². The highest BCUT2D eigenvalue weighted by molar-refractivity contribution is 6.22. The minimum atomic E-state index is -0.959. The van der Waals surface area contributed by atoms with Crippen molar-refractivity contribution in [3.63, 3.8) is 0 Å². The summed E-state index contributed by atoms with van der Waals surface area (Å²) in [5, 5.41) is 2.75. The number of esters is 1. The molecule has 38 heavy (non-hydrogen) atoms. The van der Waals surface area contributed by atoms with Crippen LogP contribution >= 0.6 is 0 Å². The molecule has 0 spiro atoms. The SMILES string of the molecule is CCOC(=O)c1ccc(NC(=O)C[C@H]2C(=O)N(c3ccccc3)C(=O)N2CCc2ccc(OC)cc2)cc1. The van der Waals surface area contributed by atoms with Crippen molar-refractivity contribution in [2.24, 2.45) is 0 Å². The predicted octanol–water partition coefficient (Wildman–Crippen LogP) is 4.28. The number of amides is 4. The maximum absolute atomic E-state index is 13.4. The van der Waals surface area contributed by atoms with E-state index in [9.17, 15) is 19.2 Å². The van der Waals surface area contributed by atoms with Crippen LogP contribution in [0.4, 0.5) is 16.2 Å². The number of benzene rings is 3. The fraction of sp³-hybridized carbons (Fsp3) is 0.241. The number of imide groups is 1. The minimum Gasteiger partial charge on any atom is -0.497 e. The van der Waals surface area contributed by atoms with Gasteiger partial charge in [-0.05, 0) is 67.4 Å². The van der Waals surface area contributed by atoms with Crippen molar-refractivity contribution in [2.45, 2.75) is 25.8 Å². The number of nitrogens with one attached hydrogen (secondary N) is 1. The number of urea groups is 1. The van der Waals surface area contributed by atoms with Gasteiger partial charge in [0.15, 0.2) is 0 Å². The van der Waals surface area contributed by atoms with Gasteiger partial charge in [-0.25, -0.2) is 14.5 Å². The van der Waals surface area contributed by atoms with Gasteiger partial charge in [-0.1, -0.05) is 30.3 Å². The number of hydrogen-bond donors (Lipinski definition) is 1. The summed E-state index contributed by atoms with van der Waals surface area (Å²) in [7, 11) is 1.59. The lowest BCUT2D eigenvalue weighted by Gasteiger charge is -2.21. The molecule has 1 aliphatic heterocycles. The Hall–Kier alpha value is -4.66. The average molecular weight is 516 g/mol. The molecule has 3 aromatic carbocycles. The zero-order valence-corrected chi connectivity index (χ0v) is 21.3. The summed E-state index contributed by atoms with van der Waals surface area (Å²) in [6, 6.07) is 21.0. The summed E-state index contributed by atoms with van der Waals surface area (Å²) < 4.78 is 10.2. The number of hydrogen-bond acceptors (Lipinski definition) is 6. The number of carbonyl (C=O) groups excluding carboxylic acids is 4. The van der Waals surface area contributed by atoms with E-state index >= 15 is 0 Å².